The Morgan fingerprint density at radius 2 is 2.00 bits per heavy atom. The van der Waals surface area contributed by atoms with E-state index in [-0.39, 0.29) is 0 Å². The fourth-order valence-corrected chi connectivity index (χ4v) is 3.26. The molecule has 0 bridgehead atoms. The van der Waals surface area contributed by atoms with Crippen LogP contribution in [0.15, 0.2) is 30.5 Å². The summed E-state index contributed by atoms with van der Waals surface area (Å²) in [4.78, 5) is 7.20. The van der Waals surface area contributed by atoms with Gasteiger partial charge in [-0.25, -0.2) is 4.98 Å². The van der Waals surface area contributed by atoms with E-state index >= 15 is 0 Å². The van der Waals surface area contributed by atoms with Crippen molar-refractivity contribution in [2.75, 3.05) is 11.4 Å². The van der Waals surface area contributed by atoms with E-state index in [1.807, 2.05) is 6.20 Å². The third-order valence-electron chi connectivity index (χ3n) is 4.72. The van der Waals surface area contributed by atoms with Crippen molar-refractivity contribution >= 4 is 16.6 Å². The molecule has 2 unspecified atom stereocenters. The van der Waals surface area contributed by atoms with Crippen LogP contribution >= 0.6 is 0 Å². The Labute approximate surface area is 120 Å². The summed E-state index contributed by atoms with van der Waals surface area (Å²) in [6.07, 6.45) is 4.51. The molecular formula is C17H23N3. The van der Waals surface area contributed by atoms with Gasteiger partial charge in [0.2, 0.25) is 0 Å². The largest absolute Gasteiger partial charge is 0.353 e. The number of anilines is 1. The highest BCUT2D eigenvalue weighted by atomic mass is 15.2. The number of hydrogen-bond donors (Lipinski definition) is 1. The van der Waals surface area contributed by atoms with Crippen LogP contribution in [0.1, 0.15) is 32.3 Å². The van der Waals surface area contributed by atoms with E-state index in [0.717, 1.165) is 23.8 Å². The van der Waals surface area contributed by atoms with Crippen molar-refractivity contribution in [1.82, 2.24) is 4.98 Å². The minimum atomic E-state index is 0.541. The number of benzene rings is 1. The van der Waals surface area contributed by atoms with Gasteiger partial charge in [0, 0.05) is 30.7 Å². The van der Waals surface area contributed by atoms with Gasteiger partial charge in [-0.3, -0.25) is 0 Å². The lowest BCUT2D eigenvalue weighted by Gasteiger charge is -2.39. The molecule has 0 aliphatic carbocycles. The third kappa shape index (κ3) is 2.16. The first-order valence-corrected chi connectivity index (χ1v) is 7.55. The van der Waals surface area contributed by atoms with Crippen LogP contribution in [0.25, 0.3) is 10.8 Å². The molecule has 1 fully saturated rings. The molecule has 3 rings (SSSR count). The van der Waals surface area contributed by atoms with E-state index < -0.39 is 0 Å². The quantitative estimate of drug-likeness (QED) is 0.909. The summed E-state index contributed by atoms with van der Waals surface area (Å²) < 4.78 is 0. The maximum Gasteiger partial charge on any atom is 0.136 e. The number of nitrogens with zero attached hydrogens (tertiary/aromatic N) is 2. The van der Waals surface area contributed by atoms with Crippen LogP contribution in [0.5, 0.6) is 0 Å². The molecule has 0 amide bonds. The molecule has 0 radical (unpaired) electrons. The Bertz CT molecular complexity index is 608. The molecule has 2 N–H and O–H groups in total. The maximum absolute atomic E-state index is 5.84. The van der Waals surface area contributed by atoms with E-state index in [2.05, 4.69) is 43.0 Å². The fraction of sp³-hybridized carbons (Fsp3) is 0.471. The van der Waals surface area contributed by atoms with Crippen LogP contribution in [0.4, 0.5) is 5.82 Å². The zero-order valence-corrected chi connectivity index (χ0v) is 12.3. The molecule has 106 valence electrons. The summed E-state index contributed by atoms with van der Waals surface area (Å²) in [5.74, 6) is 1.84. The third-order valence-corrected chi connectivity index (χ3v) is 4.72. The zero-order chi connectivity index (χ0) is 14.1. The molecule has 3 nitrogen and oxygen atoms in total. The second-order valence-electron chi connectivity index (χ2n) is 5.91. The van der Waals surface area contributed by atoms with Gasteiger partial charge in [0.1, 0.15) is 5.82 Å². The molecule has 2 atom stereocenters. The molecular weight excluding hydrogens is 246 g/mol. The minimum absolute atomic E-state index is 0.541. The Hall–Kier alpha value is -1.61. The van der Waals surface area contributed by atoms with Crippen molar-refractivity contribution in [1.29, 1.82) is 0 Å². The second-order valence-corrected chi connectivity index (χ2v) is 5.91. The van der Waals surface area contributed by atoms with Crippen LogP contribution in [0.3, 0.4) is 0 Å². The number of pyridine rings is 1. The summed E-state index contributed by atoms with van der Waals surface area (Å²) >= 11 is 0. The first-order chi connectivity index (χ1) is 9.72. The number of rotatable bonds is 2. The molecule has 1 aromatic heterocycles. The predicted octanol–water partition coefficient (Wildman–Crippen LogP) is 3.32. The first-order valence-electron chi connectivity index (χ1n) is 7.55. The van der Waals surface area contributed by atoms with Crippen molar-refractivity contribution < 1.29 is 0 Å². The van der Waals surface area contributed by atoms with Gasteiger partial charge in [0.15, 0.2) is 0 Å². The van der Waals surface area contributed by atoms with Crippen LogP contribution in [0.2, 0.25) is 0 Å². The van der Waals surface area contributed by atoms with Crippen molar-refractivity contribution in [2.24, 2.45) is 11.7 Å². The Morgan fingerprint density at radius 1 is 1.25 bits per heavy atom. The smallest absolute Gasteiger partial charge is 0.136 e. The van der Waals surface area contributed by atoms with Gasteiger partial charge in [-0.05, 0) is 36.6 Å². The number of hydrogen-bond acceptors (Lipinski definition) is 3. The van der Waals surface area contributed by atoms with E-state index in [9.17, 15) is 0 Å². The van der Waals surface area contributed by atoms with E-state index in [0.29, 0.717) is 12.6 Å². The standard InChI is InChI=1S/C17H23N3/c1-12-6-5-9-20(13(12)2)17-16-8-4-3-7-15(16)14(10-18)11-19-17/h3-4,7-8,11-13H,5-6,9-10,18H2,1-2H3. The van der Waals surface area contributed by atoms with Crippen molar-refractivity contribution in [3.63, 3.8) is 0 Å². The zero-order valence-electron chi connectivity index (χ0n) is 12.3. The van der Waals surface area contributed by atoms with E-state index in [4.69, 9.17) is 10.7 Å². The highest BCUT2D eigenvalue weighted by Gasteiger charge is 2.26. The Balaban J connectivity index is 2.12. The summed E-state index contributed by atoms with van der Waals surface area (Å²) in [5, 5.41) is 2.47. The molecule has 0 saturated carbocycles. The molecule has 1 saturated heterocycles. The number of nitrogens with two attached hydrogens (primary N) is 1. The summed E-state index contributed by atoms with van der Waals surface area (Å²) in [7, 11) is 0. The molecule has 2 aromatic rings. The van der Waals surface area contributed by atoms with E-state index in [1.165, 1.54) is 23.6 Å². The molecule has 2 heterocycles. The van der Waals surface area contributed by atoms with Crippen LogP contribution in [-0.2, 0) is 6.54 Å². The molecule has 1 aliphatic heterocycles. The summed E-state index contributed by atoms with van der Waals surface area (Å²) in [6.45, 7) is 6.30. The van der Waals surface area contributed by atoms with Crippen molar-refractivity contribution in [3.05, 3.63) is 36.0 Å². The summed E-state index contributed by atoms with van der Waals surface area (Å²) in [6, 6.07) is 9.03. The highest BCUT2D eigenvalue weighted by Crippen LogP contribution is 2.33. The van der Waals surface area contributed by atoms with Gasteiger partial charge >= 0.3 is 0 Å². The van der Waals surface area contributed by atoms with E-state index in [1.54, 1.807) is 0 Å². The van der Waals surface area contributed by atoms with Gasteiger partial charge in [0.05, 0.1) is 0 Å². The predicted molar refractivity (Wildman–Crippen MR) is 84.8 cm³/mol. The number of aromatic nitrogens is 1. The average Bonchev–Trinajstić information content (AvgIpc) is 2.49. The topological polar surface area (TPSA) is 42.2 Å². The van der Waals surface area contributed by atoms with Crippen LogP contribution < -0.4 is 10.6 Å². The Kier molecular flexibility index (Phi) is 3.62. The monoisotopic (exact) mass is 269 g/mol. The SMILES string of the molecule is CC1CCCN(c2ncc(CN)c3ccccc23)C1C. The van der Waals surface area contributed by atoms with Gasteiger partial charge in [0.25, 0.3) is 0 Å². The lowest BCUT2D eigenvalue weighted by molar-refractivity contribution is 0.362. The number of piperidine rings is 1. The number of fused-ring (bicyclic) bond motifs is 1. The fourth-order valence-electron chi connectivity index (χ4n) is 3.26. The lowest BCUT2D eigenvalue weighted by Crippen LogP contribution is -2.43. The van der Waals surface area contributed by atoms with Gasteiger partial charge in [-0.2, -0.15) is 0 Å². The molecule has 0 spiro atoms. The lowest BCUT2D eigenvalue weighted by atomic mass is 9.91. The minimum Gasteiger partial charge on any atom is -0.353 e. The second kappa shape index (κ2) is 5.41. The van der Waals surface area contributed by atoms with Gasteiger partial charge < -0.3 is 10.6 Å². The summed E-state index contributed by atoms with van der Waals surface area (Å²) in [5.41, 5.74) is 6.97. The van der Waals surface area contributed by atoms with Crippen LogP contribution in [-0.4, -0.2) is 17.6 Å². The average molecular weight is 269 g/mol. The maximum atomic E-state index is 5.84. The van der Waals surface area contributed by atoms with Gasteiger partial charge in [-0.1, -0.05) is 31.2 Å². The Morgan fingerprint density at radius 3 is 2.75 bits per heavy atom. The highest BCUT2D eigenvalue weighted by molar-refractivity contribution is 5.94. The van der Waals surface area contributed by atoms with Crippen molar-refractivity contribution in [3.8, 4) is 0 Å². The molecule has 1 aromatic carbocycles. The van der Waals surface area contributed by atoms with Gasteiger partial charge in [-0.15, -0.1) is 0 Å². The normalized spacial score (nSPS) is 23.2. The molecule has 1 aliphatic rings. The van der Waals surface area contributed by atoms with Crippen molar-refractivity contribution in [2.45, 2.75) is 39.3 Å². The van der Waals surface area contributed by atoms with Crippen LogP contribution in [0, 0.1) is 5.92 Å². The molecule has 20 heavy (non-hydrogen) atoms. The first kappa shape index (κ1) is 13.4. The molecule has 3 heteroatoms.